The van der Waals surface area contributed by atoms with Crippen LogP contribution in [0.3, 0.4) is 0 Å². The van der Waals surface area contributed by atoms with Crippen LogP contribution >= 0.6 is 12.6 Å². The molecule has 0 radical (unpaired) electrons. The molecule has 0 atom stereocenters. The van der Waals surface area contributed by atoms with Crippen molar-refractivity contribution in [2.75, 3.05) is 24.6 Å². The molecule has 92 valence electrons. The molecule has 0 spiro atoms. The molecule has 0 aromatic heterocycles. The summed E-state index contributed by atoms with van der Waals surface area (Å²) in [5.74, 6) is -0.0192. The fourth-order valence-electron chi connectivity index (χ4n) is 1.74. The highest BCUT2D eigenvalue weighted by molar-refractivity contribution is 7.91. The normalized spacial score (nSPS) is 19.0. The summed E-state index contributed by atoms with van der Waals surface area (Å²) in [6.45, 7) is 0.552. The Morgan fingerprint density at radius 2 is 1.88 bits per heavy atom. The topological polar surface area (TPSA) is 54.5 Å². The Kier molecular flexibility index (Phi) is 3.44. The van der Waals surface area contributed by atoms with E-state index in [1.807, 2.05) is 0 Å². The summed E-state index contributed by atoms with van der Waals surface area (Å²) in [6.07, 6.45) is 0. The van der Waals surface area contributed by atoms with Gasteiger partial charge in [0.05, 0.1) is 11.5 Å². The van der Waals surface area contributed by atoms with E-state index in [1.54, 1.807) is 29.2 Å². The Balaban J connectivity index is 2.12. The van der Waals surface area contributed by atoms with E-state index in [9.17, 15) is 13.2 Å². The molecule has 1 aromatic rings. The minimum atomic E-state index is -2.95. The first-order chi connectivity index (χ1) is 7.98. The molecule has 4 nitrogen and oxygen atoms in total. The number of carbonyl (C=O) groups excluding carboxylic acids is 1. The molecule has 2 rings (SSSR count). The van der Waals surface area contributed by atoms with Crippen LogP contribution in [0.25, 0.3) is 0 Å². The van der Waals surface area contributed by atoms with E-state index in [0.717, 1.165) is 4.90 Å². The molecule has 1 aliphatic heterocycles. The lowest BCUT2D eigenvalue weighted by Crippen LogP contribution is -2.43. The van der Waals surface area contributed by atoms with Gasteiger partial charge in [-0.05, 0) is 18.2 Å². The molecule has 1 saturated heterocycles. The molecule has 6 heteroatoms. The lowest BCUT2D eigenvalue weighted by Gasteiger charge is -2.26. The molecule has 0 aliphatic carbocycles. The van der Waals surface area contributed by atoms with Crippen LogP contribution in [0.1, 0.15) is 10.4 Å². The molecule has 1 amide bonds. The first-order valence-electron chi connectivity index (χ1n) is 5.27. The van der Waals surface area contributed by atoms with Crippen LogP contribution in [0, 0.1) is 0 Å². The van der Waals surface area contributed by atoms with Crippen molar-refractivity contribution in [1.82, 2.24) is 4.90 Å². The van der Waals surface area contributed by atoms with Crippen LogP contribution in [0.5, 0.6) is 0 Å². The largest absolute Gasteiger partial charge is 0.337 e. The van der Waals surface area contributed by atoms with Gasteiger partial charge in [0.1, 0.15) is 0 Å². The molecule has 0 unspecified atom stereocenters. The van der Waals surface area contributed by atoms with Gasteiger partial charge in [-0.2, -0.15) is 0 Å². The van der Waals surface area contributed by atoms with Gasteiger partial charge >= 0.3 is 0 Å². The predicted octanol–water partition coefficient (Wildman–Crippen LogP) is 0.846. The molecule has 1 aromatic carbocycles. The maximum Gasteiger partial charge on any atom is 0.253 e. The average molecular weight is 271 g/mol. The van der Waals surface area contributed by atoms with Crippen molar-refractivity contribution in [3.05, 3.63) is 29.8 Å². The zero-order chi connectivity index (χ0) is 12.5. The first-order valence-corrected chi connectivity index (χ1v) is 7.53. The van der Waals surface area contributed by atoms with Crippen molar-refractivity contribution >= 4 is 28.4 Å². The first kappa shape index (κ1) is 12.4. The maximum atomic E-state index is 12.1. The van der Waals surface area contributed by atoms with Gasteiger partial charge in [-0.1, -0.05) is 6.07 Å². The highest BCUT2D eigenvalue weighted by atomic mass is 32.2. The number of hydrogen-bond acceptors (Lipinski definition) is 4. The SMILES string of the molecule is O=C(c1cccc(S)c1)N1CCS(=O)(=O)CC1. The fourth-order valence-corrected chi connectivity index (χ4v) is 3.16. The third kappa shape index (κ3) is 3.01. The van der Waals surface area contributed by atoms with Crippen LogP contribution in [0.4, 0.5) is 0 Å². The second kappa shape index (κ2) is 4.70. The molecule has 17 heavy (non-hydrogen) atoms. The van der Waals surface area contributed by atoms with Crippen LogP contribution in [0.2, 0.25) is 0 Å². The number of nitrogens with zero attached hydrogens (tertiary/aromatic N) is 1. The predicted molar refractivity (Wildman–Crippen MR) is 68.3 cm³/mol. The van der Waals surface area contributed by atoms with Gasteiger partial charge in [-0.25, -0.2) is 8.42 Å². The van der Waals surface area contributed by atoms with E-state index in [2.05, 4.69) is 12.6 Å². The van der Waals surface area contributed by atoms with Crippen LogP contribution < -0.4 is 0 Å². The number of amides is 1. The van der Waals surface area contributed by atoms with Gasteiger partial charge in [-0.3, -0.25) is 4.79 Å². The number of rotatable bonds is 1. The van der Waals surface area contributed by atoms with E-state index < -0.39 is 9.84 Å². The minimum Gasteiger partial charge on any atom is -0.337 e. The molecule has 0 N–H and O–H groups in total. The highest BCUT2D eigenvalue weighted by Crippen LogP contribution is 2.13. The molecule has 0 bridgehead atoms. The maximum absolute atomic E-state index is 12.1. The Hall–Kier alpha value is -1.01. The summed E-state index contributed by atoms with van der Waals surface area (Å²) in [6, 6.07) is 6.95. The van der Waals surface area contributed by atoms with Crippen molar-refractivity contribution in [3.63, 3.8) is 0 Å². The van der Waals surface area contributed by atoms with E-state index in [4.69, 9.17) is 0 Å². The lowest BCUT2D eigenvalue weighted by molar-refractivity contribution is 0.0770. The summed E-state index contributed by atoms with van der Waals surface area (Å²) in [4.78, 5) is 14.4. The van der Waals surface area contributed by atoms with Crippen molar-refractivity contribution in [2.24, 2.45) is 0 Å². The molecule has 1 aliphatic rings. The summed E-state index contributed by atoms with van der Waals surface area (Å²) in [5.41, 5.74) is 0.553. The standard InChI is InChI=1S/C11H13NO3S2/c13-11(9-2-1-3-10(16)8-9)12-4-6-17(14,15)7-5-12/h1-3,8,16H,4-7H2. The molecular weight excluding hydrogens is 258 g/mol. The Bertz CT molecular complexity index is 525. The minimum absolute atomic E-state index is 0.0549. The van der Waals surface area contributed by atoms with Crippen LogP contribution in [0.15, 0.2) is 29.2 Å². The van der Waals surface area contributed by atoms with Crippen molar-refractivity contribution in [2.45, 2.75) is 4.90 Å². The average Bonchev–Trinajstić information content (AvgIpc) is 2.28. The monoisotopic (exact) mass is 271 g/mol. The van der Waals surface area contributed by atoms with Crippen LogP contribution in [-0.4, -0.2) is 43.8 Å². The number of hydrogen-bond donors (Lipinski definition) is 1. The number of sulfone groups is 1. The lowest BCUT2D eigenvalue weighted by atomic mass is 10.2. The zero-order valence-corrected chi connectivity index (χ0v) is 10.9. The van der Waals surface area contributed by atoms with Gasteiger partial charge in [0.2, 0.25) is 0 Å². The van der Waals surface area contributed by atoms with Gasteiger partial charge in [0.25, 0.3) is 5.91 Å². The third-order valence-corrected chi connectivity index (χ3v) is 4.61. The molecule has 1 fully saturated rings. The quantitative estimate of drug-likeness (QED) is 0.770. The van der Waals surface area contributed by atoms with Crippen molar-refractivity contribution in [1.29, 1.82) is 0 Å². The van der Waals surface area contributed by atoms with Crippen LogP contribution in [-0.2, 0) is 9.84 Å². The van der Waals surface area contributed by atoms with Gasteiger partial charge in [-0.15, -0.1) is 12.6 Å². The second-order valence-electron chi connectivity index (χ2n) is 3.99. The summed E-state index contributed by atoms with van der Waals surface area (Å²) >= 11 is 4.17. The second-order valence-corrected chi connectivity index (χ2v) is 6.81. The number of benzene rings is 1. The van der Waals surface area contributed by atoms with Gasteiger partial charge < -0.3 is 4.90 Å². The van der Waals surface area contributed by atoms with E-state index in [-0.39, 0.29) is 30.5 Å². The van der Waals surface area contributed by atoms with Gasteiger partial charge in [0.15, 0.2) is 9.84 Å². The molecule has 1 heterocycles. The van der Waals surface area contributed by atoms with E-state index in [1.165, 1.54) is 0 Å². The smallest absolute Gasteiger partial charge is 0.253 e. The number of thiol groups is 1. The Labute approximate surface area is 106 Å². The zero-order valence-electron chi connectivity index (χ0n) is 9.17. The fraction of sp³-hybridized carbons (Fsp3) is 0.364. The number of carbonyl (C=O) groups is 1. The third-order valence-electron chi connectivity index (χ3n) is 2.72. The Morgan fingerprint density at radius 1 is 1.24 bits per heavy atom. The van der Waals surface area contributed by atoms with Crippen molar-refractivity contribution in [3.8, 4) is 0 Å². The molecule has 0 saturated carbocycles. The summed E-state index contributed by atoms with van der Waals surface area (Å²) < 4.78 is 22.5. The Morgan fingerprint density at radius 3 is 2.47 bits per heavy atom. The van der Waals surface area contributed by atoms with Gasteiger partial charge in [0, 0.05) is 23.5 Å². The van der Waals surface area contributed by atoms with E-state index in [0.29, 0.717) is 5.56 Å². The van der Waals surface area contributed by atoms with E-state index >= 15 is 0 Å². The summed E-state index contributed by atoms with van der Waals surface area (Å²) in [5, 5.41) is 0. The highest BCUT2D eigenvalue weighted by Gasteiger charge is 2.25. The van der Waals surface area contributed by atoms with Crippen molar-refractivity contribution < 1.29 is 13.2 Å². The molecular formula is C11H13NO3S2. The summed E-state index contributed by atoms with van der Waals surface area (Å²) in [7, 11) is -2.95.